The summed E-state index contributed by atoms with van der Waals surface area (Å²) >= 11 is 0. The Labute approximate surface area is 146 Å². The molecule has 0 aliphatic heterocycles. The Kier molecular flexibility index (Phi) is 6.79. The van der Waals surface area contributed by atoms with Crippen LogP contribution < -0.4 is 27.4 Å². The summed E-state index contributed by atoms with van der Waals surface area (Å²) < 4.78 is 0. The predicted molar refractivity (Wildman–Crippen MR) is 99.2 cm³/mol. The Morgan fingerprint density at radius 1 is 0.640 bits per heavy atom. The van der Waals surface area contributed by atoms with Crippen molar-refractivity contribution in [1.29, 1.82) is 0 Å². The van der Waals surface area contributed by atoms with Gasteiger partial charge in [-0.1, -0.05) is 0 Å². The zero-order valence-electron chi connectivity index (χ0n) is 13.9. The van der Waals surface area contributed by atoms with Crippen LogP contribution in [0.1, 0.15) is 20.7 Å². The van der Waals surface area contributed by atoms with Gasteiger partial charge in [0.2, 0.25) is 0 Å². The molecule has 7 N–H and O–H groups in total. The molecule has 0 bridgehead atoms. The minimum atomic E-state index is -0.140. The maximum atomic E-state index is 11.9. The summed E-state index contributed by atoms with van der Waals surface area (Å²) in [6.45, 7) is 2.21. The fraction of sp³-hybridized carbons (Fsp3) is 0.222. The first-order chi connectivity index (χ1) is 12.1. The van der Waals surface area contributed by atoms with Gasteiger partial charge in [0.05, 0.1) is 0 Å². The minimum Gasteiger partial charge on any atom is -0.399 e. The van der Waals surface area contributed by atoms with Crippen LogP contribution in [0.5, 0.6) is 0 Å². The first kappa shape index (κ1) is 18.3. The standard InChI is InChI=1S/C18H23N5O2/c19-15-5-1-13(2-6-15)17(24)22-11-9-21-10-12-23-18(25)14-3-7-16(20)8-4-14/h1-8,21H,9-12,19-20H2,(H,22,24)(H,23,25). The van der Waals surface area contributed by atoms with Gasteiger partial charge < -0.3 is 27.4 Å². The molecule has 0 saturated heterocycles. The highest BCUT2D eigenvalue weighted by Gasteiger charge is 2.05. The molecule has 0 atom stereocenters. The zero-order valence-corrected chi connectivity index (χ0v) is 13.9. The molecule has 2 aromatic carbocycles. The third kappa shape index (κ3) is 6.15. The van der Waals surface area contributed by atoms with E-state index in [4.69, 9.17) is 11.5 Å². The summed E-state index contributed by atoms with van der Waals surface area (Å²) in [5.41, 5.74) is 13.6. The first-order valence-electron chi connectivity index (χ1n) is 8.04. The van der Waals surface area contributed by atoms with Crippen LogP contribution in [0.15, 0.2) is 48.5 Å². The van der Waals surface area contributed by atoms with Gasteiger partial charge in [0.25, 0.3) is 11.8 Å². The number of nitrogen functional groups attached to an aromatic ring is 2. The van der Waals surface area contributed by atoms with Crippen molar-refractivity contribution in [3.8, 4) is 0 Å². The Balaban J connectivity index is 1.56. The van der Waals surface area contributed by atoms with Crippen molar-refractivity contribution in [1.82, 2.24) is 16.0 Å². The Morgan fingerprint density at radius 3 is 1.36 bits per heavy atom. The Morgan fingerprint density at radius 2 is 1.00 bits per heavy atom. The highest BCUT2D eigenvalue weighted by molar-refractivity contribution is 5.94. The van der Waals surface area contributed by atoms with E-state index in [1.807, 2.05) is 0 Å². The van der Waals surface area contributed by atoms with Crippen LogP contribution in [-0.2, 0) is 0 Å². The summed E-state index contributed by atoms with van der Waals surface area (Å²) in [6, 6.07) is 13.5. The molecule has 0 aromatic heterocycles. The molecule has 0 saturated carbocycles. The predicted octanol–water partition coefficient (Wildman–Crippen LogP) is 0.600. The number of carbonyl (C=O) groups is 2. The number of rotatable bonds is 8. The van der Waals surface area contributed by atoms with Gasteiger partial charge in [-0.2, -0.15) is 0 Å². The number of nitrogens with two attached hydrogens (primary N) is 2. The molecule has 0 spiro atoms. The fourth-order valence-electron chi connectivity index (χ4n) is 2.13. The molecule has 25 heavy (non-hydrogen) atoms. The van der Waals surface area contributed by atoms with Crippen molar-refractivity contribution in [3.63, 3.8) is 0 Å². The number of nitrogens with one attached hydrogen (secondary N) is 3. The molecule has 7 nitrogen and oxygen atoms in total. The summed E-state index contributed by atoms with van der Waals surface area (Å²) in [4.78, 5) is 23.7. The van der Waals surface area contributed by atoms with E-state index in [9.17, 15) is 9.59 Å². The molecule has 2 rings (SSSR count). The van der Waals surface area contributed by atoms with E-state index in [0.717, 1.165) is 0 Å². The lowest BCUT2D eigenvalue weighted by atomic mass is 10.2. The van der Waals surface area contributed by atoms with E-state index in [0.29, 0.717) is 48.7 Å². The van der Waals surface area contributed by atoms with Gasteiger partial charge in [0, 0.05) is 48.7 Å². The second kappa shape index (κ2) is 9.29. The highest BCUT2D eigenvalue weighted by atomic mass is 16.2. The highest BCUT2D eigenvalue weighted by Crippen LogP contribution is 2.05. The van der Waals surface area contributed by atoms with Crippen LogP contribution in [-0.4, -0.2) is 38.0 Å². The number of anilines is 2. The number of carbonyl (C=O) groups excluding carboxylic acids is 2. The lowest BCUT2D eigenvalue weighted by molar-refractivity contribution is 0.0948. The second-order valence-electron chi connectivity index (χ2n) is 5.51. The van der Waals surface area contributed by atoms with Gasteiger partial charge in [-0.3, -0.25) is 9.59 Å². The summed E-state index contributed by atoms with van der Waals surface area (Å²) in [7, 11) is 0. The molecule has 0 fully saturated rings. The SMILES string of the molecule is Nc1ccc(C(=O)NCCNCCNC(=O)c2ccc(N)cc2)cc1. The van der Waals surface area contributed by atoms with Crippen LogP contribution in [0.4, 0.5) is 11.4 Å². The lowest BCUT2D eigenvalue weighted by Gasteiger charge is -2.08. The summed E-state index contributed by atoms with van der Waals surface area (Å²) in [5, 5.41) is 8.76. The van der Waals surface area contributed by atoms with Gasteiger partial charge in [0.15, 0.2) is 0 Å². The van der Waals surface area contributed by atoms with Gasteiger partial charge in [-0.25, -0.2) is 0 Å². The molecule has 0 aliphatic rings. The molecule has 132 valence electrons. The van der Waals surface area contributed by atoms with Crippen molar-refractivity contribution in [2.45, 2.75) is 0 Å². The van der Waals surface area contributed by atoms with Gasteiger partial charge in [-0.15, -0.1) is 0 Å². The first-order valence-corrected chi connectivity index (χ1v) is 8.04. The molecule has 0 aliphatic carbocycles. The van der Waals surface area contributed by atoms with Crippen LogP contribution in [0, 0.1) is 0 Å². The van der Waals surface area contributed by atoms with E-state index in [-0.39, 0.29) is 11.8 Å². The maximum Gasteiger partial charge on any atom is 0.251 e. The number of hydrogen-bond acceptors (Lipinski definition) is 5. The molecule has 0 unspecified atom stereocenters. The van der Waals surface area contributed by atoms with Crippen molar-refractivity contribution < 1.29 is 9.59 Å². The number of hydrogen-bond donors (Lipinski definition) is 5. The van der Waals surface area contributed by atoms with E-state index < -0.39 is 0 Å². The summed E-state index contributed by atoms with van der Waals surface area (Å²) in [5.74, 6) is -0.281. The lowest BCUT2D eigenvalue weighted by Crippen LogP contribution is -2.36. The average molecular weight is 341 g/mol. The van der Waals surface area contributed by atoms with Crippen LogP contribution in [0.25, 0.3) is 0 Å². The van der Waals surface area contributed by atoms with Crippen LogP contribution in [0.2, 0.25) is 0 Å². The molecule has 7 heteroatoms. The molecule has 0 radical (unpaired) electrons. The Bertz CT molecular complexity index is 637. The van der Waals surface area contributed by atoms with E-state index in [1.54, 1.807) is 48.5 Å². The second-order valence-corrected chi connectivity index (χ2v) is 5.51. The van der Waals surface area contributed by atoms with Crippen LogP contribution >= 0.6 is 0 Å². The smallest absolute Gasteiger partial charge is 0.251 e. The monoisotopic (exact) mass is 341 g/mol. The topological polar surface area (TPSA) is 122 Å². The minimum absolute atomic E-state index is 0.140. The van der Waals surface area contributed by atoms with E-state index in [1.165, 1.54) is 0 Å². The third-order valence-corrected chi connectivity index (χ3v) is 3.52. The molecule has 2 aromatic rings. The third-order valence-electron chi connectivity index (χ3n) is 3.52. The van der Waals surface area contributed by atoms with Crippen molar-refractivity contribution in [2.75, 3.05) is 37.6 Å². The molecular weight excluding hydrogens is 318 g/mol. The van der Waals surface area contributed by atoms with E-state index >= 15 is 0 Å². The van der Waals surface area contributed by atoms with Gasteiger partial charge in [-0.05, 0) is 48.5 Å². The number of benzene rings is 2. The maximum absolute atomic E-state index is 11.9. The average Bonchev–Trinajstić information content (AvgIpc) is 2.61. The number of amides is 2. The quantitative estimate of drug-likeness (QED) is 0.355. The molecule has 2 amide bonds. The van der Waals surface area contributed by atoms with E-state index in [2.05, 4.69) is 16.0 Å². The fourth-order valence-corrected chi connectivity index (χ4v) is 2.13. The zero-order chi connectivity index (χ0) is 18.1. The molecular formula is C18H23N5O2. The summed E-state index contributed by atoms with van der Waals surface area (Å²) in [6.07, 6.45) is 0. The Hall–Kier alpha value is -3.06. The van der Waals surface area contributed by atoms with Gasteiger partial charge >= 0.3 is 0 Å². The van der Waals surface area contributed by atoms with Crippen LogP contribution in [0.3, 0.4) is 0 Å². The molecule has 0 heterocycles. The van der Waals surface area contributed by atoms with Gasteiger partial charge in [0.1, 0.15) is 0 Å². The van der Waals surface area contributed by atoms with Crippen molar-refractivity contribution in [2.24, 2.45) is 0 Å². The normalized spacial score (nSPS) is 10.2. The largest absolute Gasteiger partial charge is 0.399 e. The van der Waals surface area contributed by atoms with Crippen molar-refractivity contribution >= 4 is 23.2 Å². The van der Waals surface area contributed by atoms with Crippen molar-refractivity contribution in [3.05, 3.63) is 59.7 Å².